The Morgan fingerprint density at radius 3 is 2.70 bits per heavy atom. The molecule has 2 aromatic rings. The molecule has 1 unspecified atom stereocenters. The zero-order chi connectivity index (χ0) is 18.5. The summed E-state index contributed by atoms with van der Waals surface area (Å²) in [6, 6.07) is 16.6. The van der Waals surface area contributed by atoms with E-state index in [0.717, 1.165) is 42.9 Å². The van der Waals surface area contributed by atoms with Crippen molar-refractivity contribution in [2.24, 2.45) is 0 Å². The van der Waals surface area contributed by atoms with Gasteiger partial charge in [-0.3, -0.25) is 4.79 Å². The number of nitrogens with one attached hydrogen (secondary N) is 2. The summed E-state index contributed by atoms with van der Waals surface area (Å²) in [5.74, 6) is 1.77. The van der Waals surface area contributed by atoms with E-state index < -0.39 is 0 Å². The van der Waals surface area contributed by atoms with Crippen molar-refractivity contribution in [3.05, 3.63) is 59.7 Å². The SMILES string of the molecule is O=C(C[NH+]1CCC[C@H]1c1ccc2c(c1)OCCCO2)NCc1ccccc1. The van der Waals surface area contributed by atoms with Crippen molar-refractivity contribution in [1.82, 2.24) is 5.32 Å². The second kappa shape index (κ2) is 8.44. The molecular weight excluding hydrogens is 340 g/mol. The van der Waals surface area contributed by atoms with E-state index in [1.165, 1.54) is 10.5 Å². The molecule has 5 nitrogen and oxygen atoms in total. The highest BCUT2D eigenvalue weighted by Gasteiger charge is 2.32. The van der Waals surface area contributed by atoms with Gasteiger partial charge in [-0.2, -0.15) is 0 Å². The first-order chi connectivity index (χ1) is 13.3. The monoisotopic (exact) mass is 367 g/mol. The van der Waals surface area contributed by atoms with Crippen LogP contribution in [0.5, 0.6) is 11.5 Å². The van der Waals surface area contributed by atoms with Crippen molar-refractivity contribution < 1.29 is 19.2 Å². The van der Waals surface area contributed by atoms with Crippen LogP contribution in [-0.4, -0.2) is 32.2 Å². The highest BCUT2D eigenvalue weighted by atomic mass is 16.5. The Morgan fingerprint density at radius 1 is 1.04 bits per heavy atom. The summed E-state index contributed by atoms with van der Waals surface area (Å²) in [6.45, 7) is 3.51. The van der Waals surface area contributed by atoms with E-state index in [4.69, 9.17) is 9.47 Å². The number of hydrogen-bond donors (Lipinski definition) is 2. The van der Waals surface area contributed by atoms with Crippen molar-refractivity contribution in [3.8, 4) is 11.5 Å². The number of hydrogen-bond acceptors (Lipinski definition) is 3. The van der Waals surface area contributed by atoms with Gasteiger partial charge in [0.1, 0.15) is 6.04 Å². The molecule has 2 heterocycles. The Balaban J connectivity index is 1.38. The summed E-state index contributed by atoms with van der Waals surface area (Å²) >= 11 is 0. The maximum absolute atomic E-state index is 12.5. The fraction of sp³-hybridized carbons (Fsp3) is 0.409. The maximum atomic E-state index is 12.5. The Labute approximate surface area is 160 Å². The number of likely N-dealkylation sites (tertiary alicyclic amines) is 1. The van der Waals surface area contributed by atoms with Gasteiger partial charge in [-0.25, -0.2) is 0 Å². The molecule has 2 atom stereocenters. The molecule has 0 radical (unpaired) electrons. The van der Waals surface area contributed by atoms with Crippen LogP contribution in [0.15, 0.2) is 48.5 Å². The van der Waals surface area contributed by atoms with Crippen LogP contribution >= 0.6 is 0 Å². The molecular formula is C22H27N2O3+. The number of amides is 1. The maximum Gasteiger partial charge on any atom is 0.275 e. The summed E-state index contributed by atoms with van der Waals surface area (Å²) < 4.78 is 11.6. The van der Waals surface area contributed by atoms with Gasteiger partial charge in [-0.1, -0.05) is 30.3 Å². The van der Waals surface area contributed by atoms with Crippen molar-refractivity contribution in [2.45, 2.75) is 31.8 Å². The molecule has 0 bridgehead atoms. The van der Waals surface area contributed by atoms with Crippen molar-refractivity contribution in [2.75, 3.05) is 26.3 Å². The Kier molecular flexibility index (Phi) is 5.58. The van der Waals surface area contributed by atoms with Crippen LogP contribution in [0.2, 0.25) is 0 Å². The quantitative estimate of drug-likeness (QED) is 0.849. The normalized spacial score (nSPS) is 21.5. The van der Waals surface area contributed by atoms with Gasteiger partial charge in [0.15, 0.2) is 18.0 Å². The van der Waals surface area contributed by atoms with E-state index in [0.29, 0.717) is 32.3 Å². The Morgan fingerprint density at radius 2 is 1.85 bits per heavy atom. The van der Waals surface area contributed by atoms with Crippen molar-refractivity contribution >= 4 is 5.91 Å². The molecule has 0 aliphatic carbocycles. The summed E-state index contributed by atoms with van der Waals surface area (Å²) in [6.07, 6.45) is 3.15. The number of quaternary nitrogens is 1. The standard InChI is InChI=1S/C22H26N2O3/c25-22(23-15-17-6-2-1-3-7-17)16-24-11-4-8-19(24)18-9-10-20-21(14-18)27-13-5-12-26-20/h1-3,6-7,9-10,14,19H,4-5,8,11-13,15-16H2,(H,23,25)/p+1/t19-/m0/s1. The number of ether oxygens (including phenoxy) is 2. The zero-order valence-corrected chi connectivity index (χ0v) is 15.6. The molecule has 2 aromatic carbocycles. The first-order valence-corrected chi connectivity index (χ1v) is 9.84. The van der Waals surface area contributed by atoms with E-state index in [1.54, 1.807) is 0 Å². The average molecular weight is 367 g/mol. The smallest absolute Gasteiger partial charge is 0.275 e. The molecule has 27 heavy (non-hydrogen) atoms. The summed E-state index contributed by atoms with van der Waals surface area (Å²) in [4.78, 5) is 13.8. The molecule has 0 spiro atoms. The minimum Gasteiger partial charge on any atom is -0.490 e. The molecule has 5 heteroatoms. The van der Waals surface area contributed by atoms with Crippen LogP contribution in [0.25, 0.3) is 0 Å². The van der Waals surface area contributed by atoms with Gasteiger partial charge in [0.2, 0.25) is 0 Å². The first kappa shape index (κ1) is 17.9. The topological polar surface area (TPSA) is 52.0 Å². The molecule has 2 aliphatic heterocycles. The van der Waals surface area contributed by atoms with Crippen LogP contribution in [0.4, 0.5) is 0 Å². The highest BCUT2D eigenvalue weighted by molar-refractivity contribution is 5.76. The molecule has 0 saturated carbocycles. The minimum absolute atomic E-state index is 0.107. The molecule has 1 saturated heterocycles. The largest absolute Gasteiger partial charge is 0.490 e. The highest BCUT2D eigenvalue weighted by Crippen LogP contribution is 2.33. The molecule has 2 N–H and O–H groups in total. The van der Waals surface area contributed by atoms with Crippen LogP contribution < -0.4 is 19.7 Å². The summed E-state index contributed by atoms with van der Waals surface area (Å²) in [5.41, 5.74) is 2.37. The lowest BCUT2D eigenvalue weighted by molar-refractivity contribution is -0.910. The van der Waals surface area contributed by atoms with E-state index >= 15 is 0 Å². The van der Waals surface area contributed by atoms with E-state index in [2.05, 4.69) is 17.4 Å². The van der Waals surface area contributed by atoms with Gasteiger partial charge in [-0.05, 0) is 23.8 Å². The molecule has 1 fully saturated rings. The molecule has 142 valence electrons. The average Bonchev–Trinajstić information content (AvgIpc) is 3.02. The third-order valence-electron chi connectivity index (χ3n) is 5.38. The lowest BCUT2D eigenvalue weighted by atomic mass is 10.0. The van der Waals surface area contributed by atoms with E-state index in [9.17, 15) is 4.79 Å². The van der Waals surface area contributed by atoms with Crippen molar-refractivity contribution in [1.29, 1.82) is 0 Å². The summed E-state index contributed by atoms with van der Waals surface area (Å²) in [5, 5.41) is 3.05. The van der Waals surface area contributed by atoms with Crippen LogP contribution in [-0.2, 0) is 11.3 Å². The third kappa shape index (κ3) is 4.42. The molecule has 4 rings (SSSR count). The van der Waals surface area contributed by atoms with Crippen LogP contribution in [0.1, 0.15) is 36.4 Å². The van der Waals surface area contributed by atoms with Gasteiger partial charge in [0.05, 0.1) is 19.8 Å². The second-order valence-corrected chi connectivity index (χ2v) is 7.30. The fourth-order valence-electron chi connectivity index (χ4n) is 3.99. The first-order valence-electron chi connectivity index (χ1n) is 9.84. The van der Waals surface area contributed by atoms with Gasteiger partial charge in [-0.15, -0.1) is 0 Å². The van der Waals surface area contributed by atoms with Crippen LogP contribution in [0, 0.1) is 0 Å². The van der Waals surface area contributed by atoms with Gasteiger partial charge >= 0.3 is 0 Å². The van der Waals surface area contributed by atoms with Gasteiger partial charge < -0.3 is 19.7 Å². The molecule has 1 amide bonds. The van der Waals surface area contributed by atoms with Crippen LogP contribution in [0.3, 0.4) is 0 Å². The summed E-state index contributed by atoms with van der Waals surface area (Å²) in [7, 11) is 0. The van der Waals surface area contributed by atoms with E-state index in [-0.39, 0.29) is 5.91 Å². The van der Waals surface area contributed by atoms with E-state index in [1.807, 2.05) is 36.4 Å². The predicted octanol–water partition coefficient (Wildman–Crippen LogP) is 1.88. The second-order valence-electron chi connectivity index (χ2n) is 7.30. The molecule has 2 aliphatic rings. The zero-order valence-electron chi connectivity index (χ0n) is 15.6. The Bertz CT molecular complexity index is 778. The number of carbonyl (C=O) groups excluding carboxylic acids is 1. The third-order valence-corrected chi connectivity index (χ3v) is 5.38. The lowest BCUT2D eigenvalue weighted by Gasteiger charge is -2.22. The Hall–Kier alpha value is -2.53. The number of rotatable bonds is 5. The minimum atomic E-state index is 0.107. The van der Waals surface area contributed by atoms with Crippen molar-refractivity contribution in [3.63, 3.8) is 0 Å². The lowest BCUT2D eigenvalue weighted by Crippen LogP contribution is -3.11. The fourth-order valence-corrected chi connectivity index (χ4v) is 3.99. The number of fused-ring (bicyclic) bond motifs is 1. The van der Waals surface area contributed by atoms with Gasteiger partial charge in [0, 0.05) is 31.4 Å². The molecule has 0 aromatic heterocycles. The number of benzene rings is 2. The van der Waals surface area contributed by atoms with Gasteiger partial charge in [0.25, 0.3) is 5.91 Å². The predicted molar refractivity (Wildman–Crippen MR) is 103 cm³/mol. The number of carbonyl (C=O) groups is 1.